The summed E-state index contributed by atoms with van der Waals surface area (Å²) < 4.78 is 14.6. The number of aliphatic hydroxyl groups is 1. The molecule has 0 saturated carbocycles. The van der Waals surface area contributed by atoms with E-state index in [9.17, 15) is 19.9 Å². The van der Waals surface area contributed by atoms with E-state index in [0.29, 0.717) is 16.4 Å². The molecule has 8 heteroatoms. The van der Waals surface area contributed by atoms with Crippen molar-refractivity contribution in [2.24, 2.45) is 5.92 Å². The van der Waals surface area contributed by atoms with E-state index in [2.05, 4.69) is 9.47 Å². The molecule has 8 nitrogen and oxygen atoms in total. The van der Waals surface area contributed by atoms with Gasteiger partial charge in [0, 0.05) is 18.4 Å². The molecule has 1 aliphatic rings. The fraction of sp³-hybridized carbons (Fsp3) is 0.500. The maximum atomic E-state index is 12.1. The standard InChI is InChI=1S/C16H21NO7/c1-22-13-7-5-4-6-10(13)11-9-17(21)16(20,15(19)24-3)12(11)8-14(18)23-2/h4-7,11-12,20-21H,8-9H2,1-3H3/t11-,12+,16?/m1/s1. The van der Waals surface area contributed by atoms with Crippen LogP contribution in [0.2, 0.25) is 0 Å². The molecule has 1 aliphatic heterocycles. The normalized spacial score (nSPS) is 26.9. The van der Waals surface area contributed by atoms with Crippen LogP contribution in [-0.2, 0) is 19.1 Å². The number of carbonyl (C=O) groups is 2. The summed E-state index contributed by atoms with van der Waals surface area (Å²) in [5.41, 5.74) is -1.69. The van der Waals surface area contributed by atoms with Crippen LogP contribution in [0.15, 0.2) is 24.3 Å². The van der Waals surface area contributed by atoms with E-state index < -0.39 is 29.5 Å². The van der Waals surface area contributed by atoms with E-state index in [4.69, 9.17) is 4.74 Å². The topological polar surface area (TPSA) is 106 Å². The van der Waals surface area contributed by atoms with Crippen molar-refractivity contribution in [3.05, 3.63) is 29.8 Å². The fourth-order valence-electron chi connectivity index (χ4n) is 3.17. The number of nitrogens with zero attached hydrogens (tertiary/aromatic N) is 1. The number of ether oxygens (including phenoxy) is 3. The third-order valence-corrected chi connectivity index (χ3v) is 4.40. The second kappa shape index (κ2) is 7.16. The first-order valence-electron chi connectivity index (χ1n) is 7.37. The van der Waals surface area contributed by atoms with E-state index in [0.717, 1.165) is 7.11 Å². The number of carbonyl (C=O) groups excluding carboxylic acids is 2. The smallest absolute Gasteiger partial charge is 0.356 e. The third kappa shape index (κ3) is 2.95. The van der Waals surface area contributed by atoms with Gasteiger partial charge in [-0.2, -0.15) is 0 Å². The maximum absolute atomic E-state index is 12.1. The van der Waals surface area contributed by atoms with Crippen molar-refractivity contribution in [2.45, 2.75) is 18.1 Å². The van der Waals surface area contributed by atoms with Gasteiger partial charge in [-0.3, -0.25) is 4.79 Å². The van der Waals surface area contributed by atoms with Gasteiger partial charge in [-0.25, -0.2) is 4.79 Å². The molecule has 1 unspecified atom stereocenters. The molecule has 2 rings (SSSR count). The van der Waals surface area contributed by atoms with Crippen LogP contribution >= 0.6 is 0 Å². The quantitative estimate of drug-likeness (QED) is 0.748. The van der Waals surface area contributed by atoms with Gasteiger partial charge >= 0.3 is 11.9 Å². The van der Waals surface area contributed by atoms with Crippen LogP contribution in [0.5, 0.6) is 5.75 Å². The van der Waals surface area contributed by atoms with Crippen LogP contribution in [-0.4, -0.2) is 60.9 Å². The highest BCUT2D eigenvalue weighted by atomic mass is 16.6. The third-order valence-electron chi connectivity index (χ3n) is 4.40. The SMILES string of the molecule is COC(=O)C[C@H]1[C@@H](c2ccccc2OC)CN(O)C1(O)C(=O)OC. The predicted octanol–water partition coefficient (Wildman–Crippen LogP) is 0.524. The molecule has 1 aromatic rings. The van der Waals surface area contributed by atoms with Gasteiger partial charge < -0.3 is 24.5 Å². The van der Waals surface area contributed by atoms with Crippen molar-refractivity contribution in [1.82, 2.24) is 5.06 Å². The second-order valence-corrected chi connectivity index (χ2v) is 5.54. The summed E-state index contributed by atoms with van der Waals surface area (Å²) in [6, 6.07) is 7.02. The lowest BCUT2D eigenvalue weighted by atomic mass is 9.80. The minimum absolute atomic E-state index is 0.0758. The molecular formula is C16H21NO7. The van der Waals surface area contributed by atoms with Crippen LogP contribution in [0, 0.1) is 5.92 Å². The average Bonchev–Trinajstić information content (AvgIpc) is 2.86. The highest BCUT2D eigenvalue weighted by Crippen LogP contribution is 2.46. The number of methoxy groups -OCH3 is 3. The Labute approximate surface area is 139 Å². The van der Waals surface area contributed by atoms with Crippen molar-refractivity contribution >= 4 is 11.9 Å². The molecule has 1 fully saturated rings. The summed E-state index contributed by atoms with van der Waals surface area (Å²) in [7, 11) is 3.80. The van der Waals surface area contributed by atoms with E-state index in [1.807, 2.05) is 0 Å². The molecule has 0 bridgehead atoms. The molecule has 3 atom stereocenters. The van der Waals surface area contributed by atoms with Crippen LogP contribution in [0.3, 0.4) is 0 Å². The minimum Gasteiger partial charge on any atom is -0.496 e. The number of benzene rings is 1. The van der Waals surface area contributed by atoms with Gasteiger partial charge in [-0.1, -0.05) is 18.2 Å². The van der Waals surface area contributed by atoms with Gasteiger partial charge in [0.1, 0.15) is 5.75 Å². The van der Waals surface area contributed by atoms with Crippen LogP contribution in [0.1, 0.15) is 17.9 Å². The summed E-state index contributed by atoms with van der Waals surface area (Å²) in [6.45, 7) is -0.0758. The van der Waals surface area contributed by atoms with Gasteiger partial charge in [0.25, 0.3) is 0 Å². The Kier molecular flexibility index (Phi) is 5.43. The first kappa shape index (κ1) is 18.2. The zero-order valence-electron chi connectivity index (χ0n) is 13.8. The Morgan fingerprint density at radius 1 is 1.25 bits per heavy atom. The van der Waals surface area contributed by atoms with Crippen LogP contribution in [0.4, 0.5) is 0 Å². The fourth-order valence-corrected chi connectivity index (χ4v) is 3.17. The first-order chi connectivity index (χ1) is 11.4. The van der Waals surface area contributed by atoms with Gasteiger partial charge in [-0.15, -0.1) is 5.06 Å². The van der Waals surface area contributed by atoms with Crippen molar-refractivity contribution in [2.75, 3.05) is 27.9 Å². The number of esters is 2. The molecule has 1 heterocycles. The zero-order chi connectivity index (χ0) is 17.9. The average molecular weight is 339 g/mol. The maximum Gasteiger partial charge on any atom is 0.356 e. The lowest BCUT2D eigenvalue weighted by Crippen LogP contribution is -2.54. The summed E-state index contributed by atoms with van der Waals surface area (Å²) in [6.07, 6.45) is -0.276. The van der Waals surface area contributed by atoms with Gasteiger partial charge in [0.15, 0.2) is 0 Å². The zero-order valence-corrected chi connectivity index (χ0v) is 13.8. The number of para-hydroxylation sites is 1. The van der Waals surface area contributed by atoms with Gasteiger partial charge in [0.05, 0.1) is 27.8 Å². The first-order valence-corrected chi connectivity index (χ1v) is 7.37. The van der Waals surface area contributed by atoms with E-state index in [1.54, 1.807) is 24.3 Å². The molecular weight excluding hydrogens is 318 g/mol. The molecule has 1 saturated heterocycles. The van der Waals surface area contributed by atoms with Crippen molar-refractivity contribution in [3.63, 3.8) is 0 Å². The molecule has 0 amide bonds. The number of hydroxylamine groups is 2. The highest BCUT2D eigenvalue weighted by molar-refractivity contribution is 5.81. The van der Waals surface area contributed by atoms with E-state index >= 15 is 0 Å². The molecule has 1 aromatic carbocycles. The lowest BCUT2D eigenvalue weighted by Gasteiger charge is -2.31. The van der Waals surface area contributed by atoms with Crippen LogP contribution in [0.25, 0.3) is 0 Å². The molecule has 0 aliphatic carbocycles. The van der Waals surface area contributed by atoms with Gasteiger partial charge in [-0.05, 0) is 11.6 Å². The van der Waals surface area contributed by atoms with E-state index in [-0.39, 0.29) is 13.0 Å². The molecule has 0 spiro atoms. The summed E-state index contributed by atoms with van der Waals surface area (Å²) in [5.74, 6) is -2.65. The monoisotopic (exact) mass is 339 g/mol. The Bertz CT molecular complexity index is 620. The van der Waals surface area contributed by atoms with Crippen molar-refractivity contribution < 1.29 is 34.1 Å². The summed E-state index contributed by atoms with van der Waals surface area (Å²) in [5, 5.41) is 21.5. The Morgan fingerprint density at radius 2 is 1.92 bits per heavy atom. The number of rotatable bonds is 5. The molecule has 24 heavy (non-hydrogen) atoms. The van der Waals surface area contributed by atoms with E-state index in [1.165, 1.54) is 14.2 Å². The second-order valence-electron chi connectivity index (χ2n) is 5.54. The Hall–Kier alpha value is -2.16. The lowest BCUT2D eigenvalue weighted by molar-refractivity contribution is -0.256. The molecule has 132 valence electrons. The highest BCUT2D eigenvalue weighted by Gasteiger charge is 2.60. The van der Waals surface area contributed by atoms with Gasteiger partial charge in [0.2, 0.25) is 5.72 Å². The molecule has 0 aromatic heterocycles. The summed E-state index contributed by atoms with van der Waals surface area (Å²) >= 11 is 0. The number of hydrogen-bond donors (Lipinski definition) is 2. The van der Waals surface area contributed by atoms with Crippen molar-refractivity contribution in [3.8, 4) is 5.75 Å². The molecule has 2 N–H and O–H groups in total. The Morgan fingerprint density at radius 3 is 2.50 bits per heavy atom. The minimum atomic E-state index is -2.35. The van der Waals surface area contributed by atoms with Crippen molar-refractivity contribution in [1.29, 1.82) is 0 Å². The predicted molar refractivity (Wildman–Crippen MR) is 81.3 cm³/mol. The number of hydrogen-bond acceptors (Lipinski definition) is 8. The summed E-state index contributed by atoms with van der Waals surface area (Å²) in [4.78, 5) is 23.9. The molecule has 0 radical (unpaired) electrons. The van der Waals surface area contributed by atoms with Crippen LogP contribution < -0.4 is 4.74 Å². The Balaban J connectivity index is 2.50. The largest absolute Gasteiger partial charge is 0.496 e.